The lowest BCUT2D eigenvalue weighted by Gasteiger charge is -2.23. The van der Waals surface area contributed by atoms with Crippen molar-refractivity contribution in [1.29, 1.82) is 0 Å². The van der Waals surface area contributed by atoms with Crippen LogP contribution in [0.15, 0.2) is 15.9 Å². The van der Waals surface area contributed by atoms with Crippen LogP contribution < -0.4 is 5.73 Å². The van der Waals surface area contributed by atoms with E-state index in [9.17, 15) is 0 Å². The molecule has 0 aliphatic carbocycles. The van der Waals surface area contributed by atoms with Gasteiger partial charge in [-0.3, -0.25) is 4.90 Å². The zero-order chi connectivity index (χ0) is 12.1. The average Bonchev–Trinajstić information content (AvgIpc) is 2.62. The number of nitrogens with two attached hydrogens (primary N) is 1. The first-order valence-electron chi connectivity index (χ1n) is 5.27. The highest BCUT2D eigenvalue weighted by molar-refractivity contribution is 9.10. The first-order valence-corrected chi connectivity index (χ1v) is 7.35. The van der Waals surface area contributed by atoms with Gasteiger partial charge in [-0.15, -0.1) is 11.3 Å². The molecule has 1 rings (SSSR count). The standard InChI is InChI=1S/C11H17BrN2S2/c1-3-14(5-8(2)11(13)15)6-10-4-9(12)7-16-10/h4,7-8H,3,5-6H2,1-2H3,(H2,13,15). The highest BCUT2D eigenvalue weighted by atomic mass is 79.9. The Balaban J connectivity index is 2.52. The van der Waals surface area contributed by atoms with E-state index in [1.54, 1.807) is 11.3 Å². The summed E-state index contributed by atoms with van der Waals surface area (Å²) in [6.45, 7) is 7.16. The minimum absolute atomic E-state index is 0.276. The molecule has 16 heavy (non-hydrogen) atoms. The second kappa shape index (κ2) is 6.69. The van der Waals surface area contributed by atoms with Gasteiger partial charge in [-0.25, -0.2) is 0 Å². The summed E-state index contributed by atoms with van der Waals surface area (Å²) in [7, 11) is 0. The molecule has 2 nitrogen and oxygen atoms in total. The average molecular weight is 321 g/mol. The van der Waals surface area contributed by atoms with Gasteiger partial charge in [-0.1, -0.05) is 26.1 Å². The summed E-state index contributed by atoms with van der Waals surface area (Å²) < 4.78 is 1.16. The molecule has 90 valence electrons. The Morgan fingerprint density at radius 3 is 2.81 bits per heavy atom. The van der Waals surface area contributed by atoms with E-state index in [2.05, 4.69) is 46.1 Å². The predicted octanol–water partition coefficient (Wildman–Crippen LogP) is 3.25. The third-order valence-electron chi connectivity index (χ3n) is 2.47. The predicted molar refractivity (Wildman–Crippen MR) is 78.9 cm³/mol. The van der Waals surface area contributed by atoms with Gasteiger partial charge >= 0.3 is 0 Å². The van der Waals surface area contributed by atoms with Crippen LogP contribution in [0, 0.1) is 5.92 Å². The second-order valence-corrected chi connectivity index (χ2v) is 6.25. The summed E-state index contributed by atoms with van der Waals surface area (Å²) >= 11 is 10.2. The van der Waals surface area contributed by atoms with Crippen LogP contribution in [0.2, 0.25) is 0 Å². The molecule has 5 heteroatoms. The van der Waals surface area contributed by atoms with Crippen molar-refractivity contribution in [3.63, 3.8) is 0 Å². The number of thiophene rings is 1. The number of nitrogens with zero attached hydrogens (tertiary/aromatic N) is 1. The van der Waals surface area contributed by atoms with E-state index in [0.717, 1.165) is 24.1 Å². The van der Waals surface area contributed by atoms with Gasteiger partial charge in [0.15, 0.2) is 0 Å². The second-order valence-electron chi connectivity index (χ2n) is 3.86. The van der Waals surface area contributed by atoms with Crippen LogP contribution in [0.3, 0.4) is 0 Å². The molecule has 0 aromatic carbocycles. The molecule has 1 heterocycles. The number of rotatable bonds is 6. The summed E-state index contributed by atoms with van der Waals surface area (Å²) in [5.41, 5.74) is 5.64. The van der Waals surface area contributed by atoms with Gasteiger partial charge in [-0.05, 0) is 28.5 Å². The van der Waals surface area contributed by atoms with Crippen LogP contribution in [0.25, 0.3) is 0 Å². The van der Waals surface area contributed by atoms with E-state index in [-0.39, 0.29) is 5.92 Å². The normalized spacial score (nSPS) is 13.0. The topological polar surface area (TPSA) is 29.3 Å². The van der Waals surface area contributed by atoms with E-state index < -0.39 is 0 Å². The van der Waals surface area contributed by atoms with Crippen molar-refractivity contribution in [3.8, 4) is 0 Å². The molecule has 0 radical (unpaired) electrons. The summed E-state index contributed by atoms with van der Waals surface area (Å²) in [5, 5.41) is 2.11. The number of thiocarbonyl (C=S) groups is 1. The van der Waals surface area contributed by atoms with E-state index in [0.29, 0.717) is 4.99 Å². The molecule has 0 spiro atoms. The van der Waals surface area contributed by atoms with Gasteiger partial charge in [0.1, 0.15) is 0 Å². The molecule has 1 unspecified atom stereocenters. The minimum atomic E-state index is 0.276. The molecular formula is C11H17BrN2S2. The Morgan fingerprint density at radius 2 is 2.38 bits per heavy atom. The SMILES string of the molecule is CCN(Cc1cc(Br)cs1)CC(C)C(N)=S. The molecule has 0 saturated heterocycles. The lowest BCUT2D eigenvalue weighted by molar-refractivity contribution is 0.266. The van der Waals surface area contributed by atoms with Gasteiger partial charge in [0.25, 0.3) is 0 Å². The van der Waals surface area contributed by atoms with Crippen LogP contribution in [-0.4, -0.2) is 23.0 Å². The largest absolute Gasteiger partial charge is 0.393 e. The molecular weight excluding hydrogens is 304 g/mol. The summed E-state index contributed by atoms with van der Waals surface area (Å²) in [5.74, 6) is 0.276. The highest BCUT2D eigenvalue weighted by Gasteiger charge is 2.12. The van der Waals surface area contributed by atoms with Crippen molar-refractivity contribution >= 4 is 44.5 Å². The van der Waals surface area contributed by atoms with Crippen LogP contribution in [0.4, 0.5) is 0 Å². The quantitative estimate of drug-likeness (QED) is 0.816. The molecule has 1 aromatic rings. The number of halogens is 1. The van der Waals surface area contributed by atoms with Gasteiger partial charge < -0.3 is 5.73 Å². The molecule has 0 aliphatic rings. The highest BCUT2D eigenvalue weighted by Crippen LogP contribution is 2.21. The molecule has 0 bridgehead atoms. The molecule has 0 saturated carbocycles. The maximum absolute atomic E-state index is 5.64. The third kappa shape index (κ3) is 4.49. The molecule has 0 fully saturated rings. The summed E-state index contributed by atoms with van der Waals surface area (Å²) in [6.07, 6.45) is 0. The Hall–Kier alpha value is 0.0300. The van der Waals surface area contributed by atoms with Crippen LogP contribution in [-0.2, 0) is 6.54 Å². The molecule has 2 N–H and O–H groups in total. The third-order valence-corrected chi connectivity index (χ3v) is 4.55. The van der Waals surface area contributed by atoms with Gasteiger partial charge in [0.05, 0.1) is 4.99 Å². The fraction of sp³-hybridized carbons (Fsp3) is 0.545. The Labute approximate surface area is 115 Å². The van der Waals surface area contributed by atoms with Crippen molar-refractivity contribution in [1.82, 2.24) is 4.90 Å². The molecule has 0 aliphatic heterocycles. The molecule has 1 aromatic heterocycles. The van der Waals surface area contributed by atoms with E-state index in [1.165, 1.54) is 4.88 Å². The summed E-state index contributed by atoms with van der Waals surface area (Å²) in [6, 6.07) is 2.17. The van der Waals surface area contributed by atoms with Crippen LogP contribution >= 0.6 is 39.5 Å². The first kappa shape index (κ1) is 14.1. The van der Waals surface area contributed by atoms with Crippen molar-refractivity contribution in [3.05, 3.63) is 20.8 Å². The van der Waals surface area contributed by atoms with Crippen molar-refractivity contribution in [2.24, 2.45) is 11.7 Å². The lowest BCUT2D eigenvalue weighted by Crippen LogP contribution is -2.33. The fourth-order valence-corrected chi connectivity index (χ4v) is 3.01. The van der Waals surface area contributed by atoms with Gasteiger partial charge in [0.2, 0.25) is 0 Å². The smallest absolute Gasteiger partial charge is 0.0768 e. The van der Waals surface area contributed by atoms with Gasteiger partial charge in [0, 0.05) is 33.7 Å². The number of hydrogen-bond acceptors (Lipinski definition) is 3. The molecule has 0 amide bonds. The zero-order valence-electron chi connectivity index (χ0n) is 9.57. The zero-order valence-corrected chi connectivity index (χ0v) is 12.8. The van der Waals surface area contributed by atoms with Crippen LogP contribution in [0.5, 0.6) is 0 Å². The molecule has 1 atom stereocenters. The van der Waals surface area contributed by atoms with Crippen LogP contribution in [0.1, 0.15) is 18.7 Å². The maximum atomic E-state index is 5.64. The van der Waals surface area contributed by atoms with E-state index in [4.69, 9.17) is 18.0 Å². The Bertz CT molecular complexity index is 352. The Morgan fingerprint density at radius 1 is 1.69 bits per heavy atom. The lowest BCUT2D eigenvalue weighted by atomic mass is 10.1. The maximum Gasteiger partial charge on any atom is 0.0768 e. The summed E-state index contributed by atoms with van der Waals surface area (Å²) in [4.78, 5) is 4.33. The fourth-order valence-electron chi connectivity index (χ4n) is 1.44. The Kier molecular flexibility index (Phi) is 5.89. The van der Waals surface area contributed by atoms with Gasteiger partial charge in [-0.2, -0.15) is 0 Å². The van der Waals surface area contributed by atoms with Crippen molar-refractivity contribution in [2.45, 2.75) is 20.4 Å². The van der Waals surface area contributed by atoms with Crippen molar-refractivity contribution in [2.75, 3.05) is 13.1 Å². The minimum Gasteiger partial charge on any atom is -0.393 e. The first-order chi connectivity index (χ1) is 7.52. The van der Waals surface area contributed by atoms with E-state index >= 15 is 0 Å². The van der Waals surface area contributed by atoms with E-state index in [1.807, 2.05) is 0 Å². The van der Waals surface area contributed by atoms with Crippen molar-refractivity contribution < 1.29 is 0 Å². The number of hydrogen-bond donors (Lipinski definition) is 1. The monoisotopic (exact) mass is 320 g/mol.